The molecule has 0 aromatic carbocycles. The molecule has 2 heterocycles. The standard InChI is InChI=1S/C14H23N3O/c1-16-9-5-13(11-14(16)18)12-15-6-10-17-7-3-2-4-8-17/h5,9,11,15H,2-4,6-8,10,12H2,1H3. The Bertz CT molecular complexity index is 421. The molecule has 0 bridgehead atoms. The minimum atomic E-state index is 0.0605. The quantitative estimate of drug-likeness (QED) is 0.790. The van der Waals surface area contributed by atoms with E-state index in [0.29, 0.717) is 0 Å². The van der Waals surface area contributed by atoms with Crippen LogP contribution in [-0.4, -0.2) is 35.6 Å². The van der Waals surface area contributed by atoms with Gasteiger partial charge in [-0.1, -0.05) is 6.42 Å². The number of nitrogens with zero attached hydrogens (tertiary/aromatic N) is 2. The van der Waals surface area contributed by atoms with Gasteiger partial charge in [-0.05, 0) is 37.6 Å². The van der Waals surface area contributed by atoms with Crippen molar-refractivity contribution >= 4 is 0 Å². The van der Waals surface area contributed by atoms with Crippen molar-refractivity contribution < 1.29 is 0 Å². The zero-order chi connectivity index (χ0) is 12.8. The van der Waals surface area contributed by atoms with Crippen LogP contribution in [0.5, 0.6) is 0 Å². The fourth-order valence-electron chi connectivity index (χ4n) is 2.35. The summed E-state index contributed by atoms with van der Waals surface area (Å²) in [6, 6.07) is 3.70. The number of piperidine rings is 1. The molecule has 0 atom stereocenters. The van der Waals surface area contributed by atoms with E-state index in [-0.39, 0.29) is 5.56 Å². The van der Waals surface area contributed by atoms with Crippen molar-refractivity contribution in [3.05, 3.63) is 34.2 Å². The van der Waals surface area contributed by atoms with E-state index in [1.165, 1.54) is 32.4 Å². The Hall–Kier alpha value is -1.13. The number of likely N-dealkylation sites (tertiary alicyclic amines) is 1. The first-order valence-electron chi connectivity index (χ1n) is 6.84. The number of aromatic nitrogens is 1. The fourth-order valence-corrected chi connectivity index (χ4v) is 2.35. The lowest BCUT2D eigenvalue weighted by Crippen LogP contribution is -2.35. The van der Waals surface area contributed by atoms with Gasteiger partial charge in [0.05, 0.1) is 0 Å². The Labute approximate surface area is 109 Å². The van der Waals surface area contributed by atoms with Crippen LogP contribution in [-0.2, 0) is 13.6 Å². The summed E-state index contributed by atoms with van der Waals surface area (Å²) >= 11 is 0. The Morgan fingerprint density at radius 2 is 2.06 bits per heavy atom. The average molecular weight is 249 g/mol. The summed E-state index contributed by atoms with van der Waals surface area (Å²) in [6.07, 6.45) is 5.89. The highest BCUT2D eigenvalue weighted by molar-refractivity contribution is 5.10. The molecule has 0 unspecified atom stereocenters. The normalized spacial score (nSPS) is 16.9. The van der Waals surface area contributed by atoms with Gasteiger partial charge in [-0.3, -0.25) is 4.79 Å². The van der Waals surface area contributed by atoms with Crippen molar-refractivity contribution in [1.82, 2.24) is 14.8 Å². The van der Waals surface area contributed by atoms with Crippen LogP contribution in [0, 0.1) is 0 Å². The molecule has 18 heavy (non-hydrogen) atoms. The van der Waals surface area contributed by atoms with E-state index >= 15 is 0 Å². The molecule has 1 aliphatic rings. The van der Waals surface area contributed by atoms with E-state index in [4.69, 9.17) is 0 Å². The molecule has 100 valence electrons. The zero-order valence-corrected chi connectivity index (χ0v) is 11.2. The summed E-state index contributed by atoms with van der Waals surface area (Å²) in [4.78, 5) is 14.0. The molecular weight excluding hydrogens is 226 g/mol. The molecule has 1 aliphatic heterocycles. The Kier molecular flexibility index (Phi) is 4.96. The molecule has 1 fully saturated rings. The topological polar surface area (TPSA) is 37.3 Å². The molecule has 4 heteroatoms. The van der Waals surface area contributed by atoms with E-state index in [0.717, 1.165) is 25.2 Å². The van der Waals surface area contributed by atoms with Gasteiger partial charge in [0.1, 0.15) is 0 Å². The molecule has 1 aromatic rings. The van der Waals surface area contributed by atoms with Gasteiger partial charge in [0.15, 0.2) is 0 Å². The van der Waals surface area contributed by atoms with Crippen LogP contribution in [0.2, 0.25) is 0 Å². The highest BCUT2D eigenvalue weighted by Gasteiger charge is 2.08. The third kappa shape index (κ3) is 3.96. The first kappa shape index (κ1) is 13.3. The number of rotatable bonds is 5. The third-order valence-electron chi connectivity index (χ3n) is 3.55. The summed E-state index contributed by atoms with van der Waals surface area (Å²) in [6.45, 7) is 5.38. The van der Waals surface area contributed by atoms with E-state index in [2.05, 4.69) is 10.2 Å². The lowest BCUT2D eigenvalue weighted by atomic mass is 10.1. The van der Waals surface area contributed by atoms with Gasteiger partial charge in [-0.15, -0.1) is 0 Å². The number of hydrogen-bond donors (Lipinski definition) is 1. The van der Waals surface area contributed by atoms with Crippen LogP contribution in [0.15, 0.2) is 23.1 Å². The van der Waals surface area contributed by atoms with Crippen LogP contribution >= 0.6 is 0 Å². The van der Waals surface area contributed by atoms with Crippen molar-refractivity contribution in [2.24, 2.45) is 7.05 Å². The molecule has 1 saturated heterocycles. The summed E-state index contributed by atoms with van der Waals surface area (Å²) in [5.41, 5.74) is 1.13. The zero-order valence-electron chi connectivity index (χ0n) is 11.2. The lowest BCUT2D eigenvalue weighted by Gasteiger charge is -2.26. The molecule has 1 aromatic heterocycles. The summed E-state index contributed by atoms with van der Waals surface area (Å²) in [5, 5.41) is 3.41. The maximum atomic E-state index is 11.4. The number of hydrogen-bond acceptors (Lipinski definition) is 3. The second kappa shape index (κ2) is 6.71. The molecule has 0 amide bonds. The second-order valence-electron chi connectivity index (χ2n) is 5.06. The van der Waals surface area contributed by atoms with Gasteiger partial charge >= 0.3 is 0 Å². The first-order valence-corrected chi connectivity index (χ1v) is 6.84. The van der Waals surface area contributed by atoms with Gasteiger partial charge in [0.2, 0.25) is 0 Å². The van der Waals surface area contributed by atoms with Crippen molar-refractivity contribution in [3.8, 4) is 0 Å². The smallest absolute Gasteiger partial charge is 0.250 e. The van der Waals surface area contributed by atoms with Gasteiger partial charge in [-0.2, -0.15) is 0 Å². The van der Waals surface area contributed by atoms with Gasteiger partial charge in [-0.25, -0.2) is 0 Å². The molecular formula is C14H23N3O. The van der Waals surface area contributed by atoms with Crippen molar-refractivity contribution in [3.63, 3.8) is 0 Å². The fraction of sp³-hybridized carbons (Fsp3) is 0.643. The third-order valence-corrected chi connectivity index (χ3v) is 3.55. The Morgan fingerprint density at radius 1 is 1.28 bits per heavy atom. The Morgan fingerprint density at radius 3 is 2.78 bits per heavy atom. The van der Waals surface area contributed by atoms with E-state index in [1.54, 1.807) is 17.7 Å². The lowest BCUT2D eigenvalue weighted by molar-refractivity contribution is 0.229. The number of aryl methyl sites for hydroxylation is 1. The van der Waals surface area contributed by atoms with Gasteiger partial charge < -0.3 is 14.8 Å². The average Bonchev–Trinajstić information content (AvgIpc) is 2.40. The monoisotopic (exact) mass is 249 g/mol. The largest absolute Gasteiger partial charge is 0.319 e. The van der Waals surface area contributed by atoms with Crippen LogP contribution < -0.4 is 10.9 Å². The SMILES string of the molecule is Cn1ccc(CNCCN2CCCCC2)cc1=O. The van der Waals surface area contributed by atoms with Crippen LogP contribution in [0.4, 0.5) is 0 Å². The molecule has 1 N–H and O–H groups in total. The molecule has 0 aliphatic carbocycles. The van der Waals surface area contributed by atoms with Crippen LogP contribution in [0.1, 0.15) is 24.8 Å². The van der Waals surface area contributed by atoms with E-state index < -0.39 is 0 Å². The first-order chi connectivity index (χ1) is 8.75. The second-order valence-corrected chi connectivity index (χ2v) is 5.06. The maximum absolute atomic E-state index is 11.4. The molecule has 0 spiro atoms. The van der Waals surface area contributed by atoms with Crippen LogP contribution in [0.25, 0.3) is 0 Å². The summed E-state index contributed by atoms with van der Waals surface area (Å²) in [7, 11) is 1.77. The molecule has 2 rings (SSSR count). The maximum Gasteiger partial charge on any atom is 0.250 e. The van der Waals surface area contributed by atoms with E-state index in [1.807, 2.05) is 12.3 Å². The van der Waals surface area contributed by atoms with Crippen molar-refractivity contribution in [2.75, 3.05) is 26.2 Å². The predicted octanol–water partition coefficient (Wildman–Crippen LogP) is 0.961. The van der Waals surface area contributed by atoms with Gasteiger partial charge in [0.25, 0.3) is 5.56 Å². The molecule has 4 nitrogen and oxygen atoms in total. The highest BCUT2D eigenvalue weighted by Crippen LogP contribution is 2.07. The van der Waals surface area contributed by atoms with Gasteiger partial charge in [0, 0.05) is 38.9 Å². The molecule has 0 radical (unpaired) electrons. The summed E-state index contributed by atoms with van der Waals surface area (Å²) in [5.74, 6) is 0. The van der Waals surface area contributed by atoms with Crippen molar-refractivity contribution in [2.45, 2.75) is 25.8 Å². The van der Waals surface area contributed by atoms with Crippen molar-refractivity contribution in [1.29, 1.82) is 0 Å². The van der Waals surface area contributed by atoms with E-state index in [9.17, 15) is 4.79 Å². The summed E-state index contributed by atoms with van der Waals surface area (Å²) < 4.78 is 1.59. The minimum absolute atomic E-state index is 0.0605. The van der Waals surface area contributed by atoms with Crippen LogP contribution in [0.3, 0.4) is 0 Å². The number of pyridine rings is 1. The Balaban J connectivity index is 1.68. The predicted molar refractivity (Wildman–Crippen MR) is 73.7 cm³/mol. The highest BCUT2D eigenvalue weighted by atomic mass is 16.1. The number of nitrogens with one attached hydrogen (secondary N) is 1. The minimum Gasteiger partial charge on any atom is -0.319 e. The molecule has 0 saturated carbocycles.